The molecule has 0 amide bonds. The van der Waals surface area contributed by atoms with Crippen molar-refractivity contribution in [2.24, 2.45) is 7.05 Å². The first-order valence-corrected chi connectivity index (χ1v) is 6.36. The molecule has 0 aliphatic carbocycles. The van der Waals surface area contributed by atoms with Crippen LogP contribution in [0.4, 0.5) is 5.69 Å². The number of aromatic nitrogens is 3. The van der Waals surface area contributed by atoms with Gasteiger partial charge in [-0.3, -0.25) is 9.67 Å². The monoisotopic (exact) mass is 252 g/mol. The van der Waals surface area contributed by atoms with Crippen LogP contribution in [-0.2, 0) is 13.5 Å². The maximum atomic E-state index is 5.89. The third-order valence-corrected chi connectivity index (χ3v) is 3.33. The fourth-order valence-electron chi connectivity index (χ4n) is 2.32. The maximum absolute atomic E-state index is 5.89. The van der Waals surface area contributed by atoms with Crippen molar-refractivity contribution in [1.29, 1.82) is 0 Å². The van der Waals surface area contributed by atoms with E-state index >= 15 is 0 Å². The lowest BCUT2D eigenvalue weighted by Crippen LogP contribution is -1.91. The standard InChI is InChI=1S/C15H16N4/c1-3-12-8-10(6-7-17-12)15-13-9-11(16)4-5-14(13)19(2)18-15/h4-9H,3,16H2,1-2H3. The highest BCUT2D eigenvalue weighted by atomic mass is 15.3. The molecule has 3 rings (SSSR count). The van der Waals surface area contributed by atoms with Crippen LogP contribution >= 0.6 is 0 Å². The largest absolute Gasteiger partial charge is 0.399 e. The van der Waals surface area contributed by atoms with Gasteiger partial charge in [-0.05, 0) is 36.8 Å². The van der Waals surface area contributed by atoms with E-state index in [0.717, 1.165) is 40.0 Å². The fraction of sp³-hybridized carbons (Fsp3) is 0.200. The number of nitrogens with two attached hydrogens (primary N) is 1. The molecule has 0 radical (unpaired) electrons. The van der Waals surface area contributed by atoms with Crippen molar-refractivity contribution >= 4 is 16.6 Å². The summed E-state index contributed by atoms with van der Waals surface area (Å²) in [4.78, 5) is 4.33. The summed E-state index contributed by atoms with van der Waals surface area (Å²) in [6.07, 6.45) is 2.75. The third-order valence-electron chi connectivity index (χ3n) is 3.33. The number of hydrogen-bond donors (Lipinski definition) is 1. The van der Waals surface area contributed by atoms with Gasteiger partial charge in [-0.25, -0.2) is 0 Å². The van der Waals surface area contributed by atoms with Crippen LogP contribution in [0.25, 0.3) is 22.2 Å². The molecule has 0 saturated carbocycles. The van der Waals surface area contributed by atoms with Crippen molar-refractivity contribution in [2.45, 2.75) is 13.3 Å². The van der Waals surface area contributed by atoms with Gasteiger partial charge in [0.05, 0.1) is 5.52 Å². The number of aryl methyl sites for hydroxylation is 2. The van der Waals surface area contributed by atoms with Crippen molar-refractivity contribution in [3.63, 3.8) is 0 Å². The Bertz CT molecular complexity index is 743. The summed E-state index contributed by atoms with van der Waals surface area (Å²) in [6.45, 7) is 2.10. The predicted molar refractivity (Wildman–Crippen MR) is 77.7 cm³/mol. The first-order valence-electron chi connectivity index (χ1n) is 6.36. The van der Waals surface area contributed by atoms with E-state index < -0.39 is 0 Å². The number of benzene rings is 1. The van der Waals surface area contributed by atoms with Crippen molar-refractivity contribution in [3.05, 3.63) is 42.2 Å². The van der Waals surface area contributed by atoms with E-state index in [2.05, 4.69) is 23.1 Å². The van der Waals surface area contributed by atoms with Crippen molar-refractivity contribution in [3.8, 4) is 11.3 Å². The Morgan fingerprint density at radius 2 is 2.05 bits per heavy atom. The molecule has 19 heavy (non-hydrogen) atoms. The zero-order chi connectivity index (χ0) is 13.4. The zero-order valence-electron chi connectivity index (χ0n) is 11.1. The SMILES string of the molecule is CCc1cc(-c2nn(C)c3ccc(N)cc23)ccn1. The van der Waals surface area contributed by atoms with Gasteiger partial charge in [0.25, 0.3) is 0 Å². The van der Waals surface area contributed by atoms with Gasteiger partial charge in [0, 0.05) is 35.6 Å². The summed E-state index contributed by atoms with van der Waals surface area (Å²) in [5.74, 6) is 0. The highest BCUT2D eigenvalue weighted by Crippen LogP contribution is 2.29. The van der Waals surface area contributed by atoms with Gasteiger partial charge in [0.15, 0.2) is 0 Å². The second-order valence-corrected chi connectivity index (χ2v) is 4.64. The van der Waals surface area contributed by atoms with E-state index in [9.17, 15) is 0 Å². The van der Waals surface area contributed by atoms with E-state index in [1.165, 1.54) is 0 Å². The van der Waals surface area contributed by atoms with Gasteiger partial charge in [-0.15, -0.1) is 0 Å². The summed E-state index contributed by atoms with van der Waals surface area (Å²) < 4.78 is 1.89. The number of rotatable bonds is 2. The van der Waals surface area contributed by atoms with Crippen LogP contribution in [0.2, 0.25) is 0 Å². The molecule has 0 aliphatic rings. The molecule has 0 unspecified atom stereocenters. The second-order valence-electron chi connectivity index (χ2n) is 4.64. The summed E-state index contributed by atoms with van der Waals surface area (Å²) >= 11 is 0. The Kier molecular flexibility index (Phi) is 2.71. The molecule has 96 valence electrons. The number of anilines is 1. The molecular formula is C15H16N4. The number of nitrogens with zero attached hydrogens (tertiary/aromatic N) is 3. The Balaban J connectivity index is 2.26. The molecule has 2 N–H and O–H groups in total. The van der Waals surface area contributed by atoms with Crippen LogP contribution in [0, 0.1) is 0 Å². The third kappa shape index (κ3) is 1.95. The minimum atomic E-state index is 0.756. The highest BCUT2D eigenvalue weighted by Gasteiger charge is 2.11. The number of nitrogen functional groups attached to an aromatic ring is 1. The Hall–Kier alpha value is -2.36. The quantitative estimate of drug-likeness (QED) is 0.713. The smallest absolute Gasteiger partial charge is 0.100 e. The molecular weight excluding hydrogens is 236 g/mol. The van der Waals surface area contributed by atoms with Gasteiger partial charge < -0.3 is 5.73 Å². The van der Waals surface area contributed by atoms with Crippen molar-refractivity contribution < 1.29 is 0 Å². The molecule has 2 aromatic heterocycles. The number of hydrogen-bond acceptors (Lipinski definition) is 3. The van der Waals surface area contributed by atoms with E-state index in [4.69, 9.17) is 5.73 Å². The van der Waals surface area contributed by atoms with Gasteiger partial charge in [0.1, 0.15) is 5.69 Å². The van der Waals surface area contributed by atoms with E-state index in [1.54, 1.807) is 0 Å². The molecule has 2 heterocycles. The van der Waals surface area contributed by atoms with Gasteiger partial charge in [-0.2, -0.15) is 5.10 Å². The predicted octanol–water partition coefficient (Wildman–Crippen LogP) is 2.78. The minimum Gasteiger partial charge on any atom is -0.399 e. The van der Waals surface area contributed by atoms with Crippen LogP contribution < -0.4 is 5.73 Å². The maximum Gasteiger partial charge on any atom is 0.100 e. The van der Waals surface area contributed by atoms with Crippen LogP contribution in [0.3, 0.4) is 0 Å². The molecule has 4 heteroatoms. The summed E-state index contributed by atoms with van der Waals surface area (Å²) in [5.41, 5.74) is 10.8. The van der Waals surface area contributed by atoms with Crippen LogP contribution in [0.5, 0.6) is 0 Å². The summed E-state index contributed by atoms with van der Waals surface area (Å²) in [6, 6.07) is 9.96. The van der Waals surface area contributed by atoms with Crippen LogP contribution in [0.1, 0.15) is 12.6 Å². The molecule has 0 atom stereocenters. The average molecular weight is 252 g/mol. The first-order chi connectivity index (χ1) is 9.19. The molecule has 0 aliphatic heterocycles. The van der Waals surface area contributed by atoms with Crippen molar-refractivity contribution in [2.75, 3.05) is 5.73 Å². The Labute approximate surface area is 111 Å². The van der Waals surface area contributed by atoms with Crippen LogP contribution in [0.15, 0.2) is 36.5 Å². The normalized spacial score (nSPS) is 11.1. The molecule has 0 bridgehead atoms. The zero-order valence-corrected chi connectivity index (χ0v) is 11.1. The van der Waals surface area contributed by atoms with Gasteiger partial charge in [-0.1, -0.05) is 6.92 Å². The highest BCUT2D eigenvalue weighted by molar-refractivity contribution is 5.95. The molecule has 3 aromatic rings. The lowest BCUT2D eigenvalue weighted by molar-refractivity contribution is 0.800. The van der Waals surface area contributed by atoms with Crippen molar-refractivity contribution in [1.82, 2.24) is 14.8 Å². The molecule has 4 nitrogen and oxygen atoms in total. The summed E-state index contributed by atoms with van der Waals surface area (Å²) in [5, 5.41) is 5.69. The molecule has 0 spiro atoms. The molecule has 0 fully saturated rings. The van der Waals surface area contributed by atoms with Crippen LogP contribution in [-0.4, -0.2) is 14.8 Å². The summed E-state index contributed by atoms with van der Waals surface area (Å²) in [7, 11) is 1.95. The molecule has 0 saturated heterocycles. The minimum absolute atomic E-state index is 0.756. The lowest BCUT2D eigenvalue weighted by atomic mass is 10.1. The topological polar surface area (TPSA) is 56.7 Å². The second kappa shape index (κ2) is 4.39. The van der Waals surface area contributed by atoms with E-state index in [-0.39, 0.29) is 0 Å². The Morgan fingerprint density at radius 3 is 2.84 bits per heavy atom. The fourth-order valence-corrected chi connectivity index (χ4v) is 2.32. The molecule has 1 aromatic carbocycles. The first kappa shape index (κ1) is 11.7. The Morgan fingerprint density at radius 1 is 1.21 bits per heavy atom. The lowest BCUT2D eigenvalue weighted by Gasteiger charge is -2.01. The number of pyridine rings is 1. The van der Waals surface area contributed by atoms with Gasteiger partial charge >= 0.3 is 0 Å². The number of fused-ring (bicyclic) bond motifs is 1. The van der Waals surface area contributed by atoms with E-state index in [0.29, 0.717) is 0 Å². The average Bonchev–Trinajstić information content (AvgIpc) is 2.75. The van der Waals surface area contributed by atoms with Gasteiger partial charge in [0.2, 0.25) is 0 Å². The van der Waals surface area contributed by atoms with E-state index in [1.807, 2.05) is 42.2 Å².